The first-order valence-electron chi connectivity index (χ1n) is 11.0. The van der Waals surface area contributed by atoms with Gasteiger partial charge in [0.15, 0.2) is 0 Å². The molecule has 7 heteroatoms. The second kappa shape index (κ2) is 8.86. The van der Waals surface area contributed by atoms with Crippen LogP contribution in [0.4, 0.5) is 0 Å². The van der Waals surface area contributed by atoms with Gasteiger partial charge < -0.3 is 19.7 Å². The highest BCUT2D eigenvalue weighted by Crippen LogP contribution is 2.39. The van der Waals surface area contributed by atoms with Crippen LogP contribution < -0.4 is 4.74 Å². The Bertz CT molecular complexity index is 1390. The third-order valence-corrected chi connectivity index (χ3v) is 6.18. The van der Waals surface area contributed by atoms with Crippen molar-refractivity contribution in [1.29, 1.82) is 0 Å². The number of carbonyl (C=O) groups excluding carboxylic acids is 2. The van der Waals surface area contributed by atoms with E-state index in [2.05, 4.69) is 9.97 Å². The molecule has 1 aliphatic rings. The minimum Gasteiger partial charge on any atom is -0.507 e. The van der Waals surface area contributed by atoms with Gasteiger partial charge in [0.05, 0.1) is 18.7 Å². The largest absolute Gasteiger partial charge is 0.507 e. The Morgan fingerprint density at radius 2 is 1.94 bits per heavy atom. The topological polar surface area (TPSA) is 95.5 Å². The number of aliphatic hydroxyl groups is 1. The number of aromatic nitrogens is 2. The molecule has 34 heavy (non-hydrogen) atoms. The van der Waals surface area contributed by atoms with E-state index in [4.69, 9.17) is 4.74 Å². The van der Waals surface area contributed by atoms with E-state index < -0.39 is 17.7 Å². The van der Waals surface area contributed by atoms with Crippen LogP contribution in [-0.4, -0.2) is 45.3 Å². The van der Waals surface area contributed by atoms with Crippen molar-refractivity contribution in [3.05, 3.63) is 102 Å². The molecule has 1 atom stereocenters. The number of amides is 1. The summed E-state index contributed by atoms with van der Waals surface area (Å²) in [5.41, 5.74) is 3.19. The van der Waals surface area contributed by atoms with Gasteiger partial charge in [-0.05, 0) is 41.8 Å². The Labute approximate surface area is 196 Å². The zero-order valence-electron chi connectivity index (χ0n) is 18.6. The van der Waals surface area contributed by atoms with Crippen LogP contribution in [0.25, 0.3) is 16.7 Å². The van der Waals surface area contributed by atoms with Gasteiger partial charge in [-0.3, -0.25) is 14.6 Å². The molecule has 1 amide bonds. The monoisotopic (exact) mass is 453 g/mol. The van der Waals surface area contributed by atoms with Gasteiger partial charge in [-0.1, -0.05) is 36.4 Å². The van der Waals surface area contributed by atoms with Gasteiger partial charge in [-0.2, -0.15) is 0 Å². The summed E-state index contributed by atoms with van der Waals surface area (Å²) in [4.78, 5) is 35.2. The maximum atomic E-state index is 13.1. The first-order chi connectivity index (χ1) is 16.6. The number of aliphatic hydroxyl groups excluding tert-OH is 1. The number of H-pyrrole nitrogens is 1. The van der Waals surface area contributed by atoms with Crippen molar-refractivity contribution in [1.82, 2.24) is 14.9 Å². The van der Waals surface area contributed by atoms with Crippen LogP contribution in [0.15, 0.2) is 84.8 Å². The van der Waals surface area contributed by atoms with E-state index in [1.54, 1.807) is 49.8 Å². The molecule has 0 radical (unpaired) electrons. The van der Waals surface area contributed by atoms with Crippen molar-refractivity contribution >= 4 is 28.4 Å². The molecular weight excluding hydrogens is 430 g/mol. The van der Waals surface area contributed by atoms with Crippen molar-refractivity contribution in [2.45, 2.75) is 12.5 Å². The first-order valence-corrected chi connectivity index (χ1v) is 11.0. The fourth-order valence-corrected chi connectivity index (χ4v) is 4.48. The van der Waals surface area contributed by atoms with E-state index in [1.807, 2.05) is 36.5 Å². The lowest BCUT2D eigenvalue weighted by molar-refractivity contribution is -0.139. The lowest BCUT2D eigenvalue weighted by Crippen LogP contribution is -2.31. The van der Waals surface area contributed by atoms with Crippen molar-refractivity contribution in [2.24, 2.45) is 0 Å². The summed E-state index contributed by atoms with van der Waals surface area (Å²) in [6, 6.07) is 17.4. The number of ether oxygens (including phenoxy) is 1. The molecule has 0 unspecified atom stereocenters. The van der Waals surface area contributed by atoms with Crippen LogP contribution >= 0.6 is 0 Å². The van der Waals surface area contributed by atoms with Gasteiger partial charge in [-0.15, -0.1) is 0 Å². The van der Waals surface area contributed by atoms with Crippen LogP contribution in [0.3, 0.4) is 0 Å². The highest BCUT2D eigenvalue weighted by molar-refractivity contribution is 6.46. The summed E-state index contributed by atoms with van der Waals surface area (Å²) in [6.45, 7) is 0.292. The lowest BCUT2D eigenvalue weighted by atomic mass is 9.96. The van der Waals surface area contributed by atoms with E-state index in [0.29, 0.717) is 24.1 Å². The number of methoxy groups -OCH3 is 1. The van der Waals surface area contributed by atoms with Crippen molar-refractivity contribution in [2.75, 3.05) is 13.7 Å². The van der Waals surface area contributed by atoms with E-state index >= 15 is 0 Å². The average Bonchev–Trinajstić information content (AvgIpc) is 3.40. The minimum atomic E-state index is -0.728. The smallest absolute Gasteiger partial charge is 0.295 e. The molecule has 3 heterocycles. The number of hydrogen-bond donors (Lipinski definition) is 2. The zero-order chi connectivity index (χ0) is 23.7. The highest BCUT2D eigenvalue weighted by Gasteiger charge is 2.46. The number of hydrogen-bond acceptors (Lipinski definition) is 5. The first kappa shape index (κ1) is 21.5. The van der Waals surface area contributed by atoms with Gasteiger partial charge in [0.25, 0.3) is 11.7 Å². The molecule has 4 aromatic rings. The summed E-state index contributed by atoms with van der Waals surface area (Å²) < 4.78 is 5.35. The number of carbonyl (C=O) groups is 2. The number of nitrogens with zero attached hydrogens (tertiary/aromatic N) is 2. The molecule has 2 aromatic heterocycles. The number of rotatable bonds is 6. The molecule has 0 spiro atoms. The lowest BCUT2D eigenvalue weighted by Gasteiger charge is -2.25. The second-order valence-corrected chi connectivity index (χ2v) is 8.12. The van der Waals surface area contributed by atoms with Gasteiger partial charge in [0.1, 0.15) is 11.5 Å². The average molecular weight is 453 g/mol. The molecule has 1 saturated heterocycles. The Balaban J connectivity index is 1.54. The summed E-state index contributed by atoms with van der Waals surface area (Å²) in [5.74, 6) is -0.779. The fourth-order valence-electron chi connectivity index (χ4n) is 4.48. The summed E-state index contributed by atoms with van der Waals surface area (Å²) in [6.07, 6.45) is 5.68. The van der Waals surface area contributed by atoms with E-state index in [0.717, 1.165) is 22.2 Å². The van der Waals surface area contributed by atoms with Crippen LogP contribution in [0.5, 0.6) is 5.75 Å². The van der Waals surface area contributed by atoms with Crippen molar-refractivity contribution in [3.63, 3.8) is 0 Å². The quantitative estimate of drug-likeness (QED) is 0.259. The molecule has 1 aliphatic heterocycles. The maximum Gasteiger partial charge on any atom is 0.295 e. The van der Waals surface area contributed by atoms with E-state index in [1.165, 1.54) is 4.90 Å². The molecule has 0 aliphatic carbocycles. The molecule has 0 saturated carbocycles. The third-order valence-electron chi connectivity index (χ3n) is 6.18. The molecule has 0 bridgehead atoms. The summed E-state index contributed by atoms with van der Waals surface area (Å²) in [7, 11) is 1.62. The number of fused-ring (bicyclic) bond motifs is 1. The van der Waals surface area contributed by atoms with Crippen LogP contribution in [-0.2, 0) is 16.0 Å². The Kier molecular flexibility index (Phi) is 5.59. The van der Waals surface area contributed by atoms with E-state index in [9.17, 15) is 14.7 Å². The zero-order valence-corrected chi connectivity index (χ0v) is 18.6. The standard InChI is InChI=1S/C27H23N3O4/c1-34-20-9-10-22-21(14-20)18(16-29-22)11-13-30-24(19-8-5-12-28-15-19)23(26(32)27(30)33)25(31)17-6-3-2-4-7-17/h2-10,12,14-16,24,29,31H,11,13H2,1H3/t24-/m0/s1. The Morgan fingerprint density at radius 1 is 1.12 bits per heavy atom. The van der Waals surface area contributed by atoms with Gasteiger partial charge in [0.2, 0.25) is 0 Å². The Hall–Kier alpha value is -4.39. The number of aromatic amines is 1. The molecule has 7 nitrogen and oxygen atoms in total. The van der Waals surface area contributed by atoms with E-state index in [-0.39, 0.29) is 11.3 Å². The number of Topliss-reactive ketones (excluding diaryl/α,β-unsaturated/α-hetero) is 1. The van der Waals surface area contributed by atoms with Gasteiger partial charge >= 0.3 is 0 Å². The predicted molar refractivity (Wildman–Crippen MR) is 128 cm³/mol. The maximum absolute atomic E-state index is 13.1. The molecule has 2 aromatic carbocycles. The number of ketones is 1. The fraction of sp³-hybridized carbons (Fsp3) is 0.148. The minimum absolute atomic E-state index is 0.0739. The predicted octanol–water partition coefficient (Wildman–Crippen LogP) is 4.24. The molecular formula is C27H23N3O4. The highest BCUT2D eigenvalue weighted by atomic mass is 16.5. The number of benzene rings is 2. The van der Waals surface area contributed by atoms with Crippen molar-refractivity contribution in [3.8, 4) is 5.75 Å². The van der Waals surface area contributed by atoms with Crippen LogP contribution in [0.1, 0.15) is 22.7 Å². The molecule has 170 valence electrons. The summed E-state index contributed by atoms with van der Waals surface area (Å²) >= 11 is 0. The SMILES string of the molecule is COc1ccc2[nH]cc(CCN3C(=O)C(=O)C(=C(O)c4ccccc4)[C@@H]3c3cccnc3)c2c1. The van der Waals surface area contributed by atoms with Gasteiger partial charge in [-0.25, -0.2) is 0 Å². The van der Waals surface area contributed by atoms with Gasteiger partial charge in [0, 0.05) is 41.6 Å². The van der Waals surface area contributed by atoms with Crippen LogP contribution in [0.2, 0.25) is 0 Å². The normalized spacial score (nSPS) is 17.4. The van der Waals surface area contributed by atoms with Crippen LogP contribution in [0, 0.1) is 0 Å². The van der Waals surface area contributed by atoms with Crippen molar-refractivity contribution < 1.29 is 19.4 Å². The molecule has 5 rings (SSSR count). The second-order valence-electron chi connectivity index (χ2n) is 8.12. The summed E-state index contributed by atoms with van der Waals surface area (Å²) in [5, 5.41) is 12.0. The number of likely N-dealkylation sites (tertiary alicyclic amines) is 1. The third kappa shape index (κ3) is 3.71. The Morgan fingerprint density at radius 3 is 2.68 bits per heavy atom. The number of nitrogens with one attached hydrogen (secondary N) is 1. The molecule has 1 fully saturated rings. The number of pyridine rings is 1. The molecule has 2 N–H and O–H groups in total.